The summed E-state index contributed by atoms with van der Waals surface area (Å²) in [5.74, 6) is -2.24. The van der Waals surface area contributed by atoms with Crippen LogP contribution in [0.1, 0.15) is 44.6 Å². The van der Waals surface area contributed by atoms with Crippen molar-refractivity contribution in [1.29, 1.82) is 0 Å². The summed E-state index contributed by atoms with van der Waals surface area (Å²) in [5, 5.41) is 18.5. The Balaban J connectivity index is 2.61. The topological polar surface area (TPSA) is 74.6 Å². The van der Waals surface area contributed by atoms with Crippen molar-refractivity contribution >= 4 is 17.5 Å². The van der Waals surface area contributed by atoms with Gasteiger partial charge >= 0.3 is 11.9 Å². The number of aliphatic carboxylic acids is 2. The number of carboxylic acid groups (broad SMARTS) is 2. The van der Waals surface area contributed by atoms with Gasteiger partial charge in [0.1, 0.15) is 0 Å². The molecule has 0 aromatic heterocycles. The van der Waals surface area contributed by atoms with Crippen molar-refractivity contribution in [1.82, 2.24) is 0 Å². The summed E-state index contributed by atoms with van der Waals surface area (Å²) in [6.07, 6.45) is 6.46. The van der Waals surface area contributed by atoms with Crippen LogP contribution in [-0.2, 0) is 9.59 Å². The molecule has 1 fully saturated rings. The lowest BCUT2D eigenvalue weighted by atomic mass is 9.89. The Hall–Kier alpha value is -2.62. The molecule has 1 aliphatic carbocycles. The van der Waals surface area contributed by atoms with Crippen LogP contribution in [-0.4, -0.2) is 22.2 Å². The summed E-state index contributed by atoms with van der Waals surface area (Å²) in [6.45, 7) is 2.05. The molecule has 0 bridgehead atoms. The van der Waals surface area contributed by atoms with Gasteiger partial charge in [0.15, 0.2) is 0 Å². The molecular weight excluding hydrogens is 304 g/mol. The van der Waals surface area contributed by atoms with E-state index in [1.54, 1.807) is 0 Å². The van der Waals surface area contributed by atoms with Crippen molar-refractivity contribution in [3.05, 3.63) is 64.8 Å². The Morgan fingerprint density at radius 3 is 2.25 bits per heavy atom. The molecule has 126 valence electrons. The molecule has 0 spiro atoms. The van der Waals surface area contributed by atoms with Crippen LogP contribution in [0.2, 0.25) is 0 Å². The molecule has 0 unspecified atom stereocenters. The van der Waals surface area contributed by atoms with E-state index in [1.165, 1.54) is 11.6 Å². The molecule has 0 atom stereocenters. The van der Waals surface area contributed by atoms with Gasteiger partial charge in [-0.15, -0.1) is 0 Å². The van der Waals surface area contributed by atoms with Crippen LogP contribution in [0, 0.1) is 0 Å². The standard InChI is InChI=1S/C20H22O4/c1-2-3-9-16(17(20(23)24)12-13-18(21)22)19(15-10-11-15)14-7-5-4-6-8-14/h4-8,12-13H,2-3,9-11H2,1H3,(H,21,22)(H,23,24). The maximum absolute atomic E-state index is 11.8. The van der Waals surface area contributed by atoms with Crippen LogP contribution in [0.4, 0.5) is 0 Å². The van der Waals surface area contributed by atoms with Gasteiger partial charge in [-0.1, -0.05) is 49.2 Å². The third-order valence-corrected chi connectivity index (χ3v) is 3.95. The Morgan fingerprint density at radius 1 is 1.08 bits per heavy atom. The van der Waals surface area contributed by atoms with Gasteiger partial charge in [0, 0.05) is 6.08 Å². The van der Waals surface area contributed by atoms with E-state index in [9.17, 15) is 14.7 Å². The van der Waals surface area contributed by atoms with E-state index in [-0.39, 0.29) is 5.57 Å². The van der Waals surface area contributed by atoms with Gasteiger partial charge in [-0.2, -0.15) is 0 Å². The summed E-state index contributed by atoms with van der Waals surface area (Å²) < 4.78 is 0. The highest BCUT2D eigenvalue weighted by Crippen LogP contribution is 2.42. The first-order chi connectivity index (χ1) is 11.5. The van der Waals surface area contributed by atoms with Gasteiger partial charge in [-0.25, -0.2) is 9.59 Å². The van der Waals surface area contributed by atoms with Crippen molar-refractivity contribution in [3.63, 3.8) is 0 Å². The van der Waals surface area contributed by atoms with Crippen LogP contribution in [0.15, 0.2) is 59.2 Å². The fraction of sp³-hybridized carbons (Fsp3) is 0.300. The van der Waals surface area contributed by atoms with E-state index >= 15 is 0 Å². The molecule has 2 rings (SSSR count). The normalized spacial score (nSPS) is 14.5. The van der Waals surface area contributed by atoms with Crippen LogP contribution in [0.25, 0.3) is 5.57 Å². The molecule has 0 heterocycles. The van der Waals surface area contributed by atoms with Gasteiger partial charge in [0.25, 0.3) is 0 Å². The molecule has 2 N–H and O–H groups in total. The molecule has 1 aromatic rings. The lowest BCUT2D eigenvalue weighted by Crippen LogP contribution is -2.06. The predicted octanol–water partition coefficient (Wildman–Crippen LogP) is 4.45. The van der Waals surface area contributed by atoms with Crippen molar-refractivity contribution in [2.45, 2.75) is 39.0 Å². The van der Waals surface area contributed by atoms with Gasteiger partial charge in [0.2, 0.25) is 0 Å². The minimum absolute atomic E-state index is 0.0732. The lowest BCUT2D eigenvalue weighted by Gasteiger charge is -2.15. The minimum atomic E-state index is -1.15. The highest BCUT2D eigenvalue weighted by molar-refractivity contribution is 5.99. The number of hydrogen-bond acceptors (Lipinski definition) is 2. The summed E-state index contributed by atoms with van der Waals surface area (Å²) in [5.41, 5.74) is 4.04. The monoisotopic (exact) mass is 326 g/mol. The zero-order valence-electron chi connectivity index (χ0n) is 13.8. The maximum Gasteiger partial charge on any atom is 0.335 e. The number of carbonyl (C=O) groups is 2. The highest BCUT2D eigenvalue weighted by Gasteiger charge is 2.25. The number of carboxylic acids is 2. The van der Waals surface area contributed by atoms with Crippen molar-refractivity contribution in [2.24, 2.45) is 0 Å². The quantitative estimate of drug-likeness (QED) is 0.547. The van der Waals surface area contributed by atoms with E-state index in [0.717, 1.165) is 48.5 Å². The molecular formula is C20H22O4. The van der Waals surface area contributed by atoms with Gasteiger partial charge in [0.05, 0.1) is 5.57 Å². The van der Waals surface area contributed by atoms with Gasteiger partial charge in [-0.05, 0) is 48.5 Å². The predicted molar refractivity (Wildman–Crippen MR) is 93.6 cm³/mol. The minimum Gasteiger partial charge on any atom is -0.478 e. The molecule has 0 saturated heterocycles. The molecule has 24 heavy (non-hydrogen) atoms. The van der Waals surface area contributed by atoms with Crippen LogP contribution < -0.4 is 0 Å². The van der Waals surface area contributed by atoms with Crippen LogP contribution >= 0.6 is 0 Å². The molecule has 4 nitrogen and oxygen atoms in total. The zero-order valence-corrected chi connectivity index (χ0v) is 13.8. The summed E-state index contributed by atoms with van der Waals surface area (Å²) >= 11 is 0. The molecule has 0 radical (unpaired) electrons. The highest BCUT2D eigenvalue weighted by atomic mass is 16.4. The second kappa shape index (κ2) is 8.29. The fourth-order valence-corrected chi connectivity index (χ4v) is 2.71. The second-order valence-electron chi connectivity index (χ2n) is 5.82. The molecule has 1 aliphatic rings. The van der Waals surface area contributed by atoms with Gasteiger partial charge in [-0.3, -0.25) is 0 Å². The van der Waals surface area contributed by atoms with E-state index in [2.05, 4.69) is 6.92 Å². The average Bonchev–Trinajstić information content (AvgIpc) is 3.37. The number of rotatable bonds is 8. The Morgan fingerprint density at radius 2 is 1.75 bits per heavy atom. The first kappa shape index (κ1) is 17.7. The van der Waals surface area contributed by atoms with E-state index < -0.39 is 11.9 Å². The summed E-state index contributed by atoms with van der Waals surface area (Å²) in [7, 11) is 0. The largest absolute Gasteiger partial charge is 0.478 e. The van der Waals surface area contributed by atoms with Crippen molar-refractivity contribution < 1.29 is 19.8 Å². The lowest BCUT2D eigenvalue weighted by molar-refractivity contribution is -0.132. The fourth-order valence-electron chi connectivity index (χ4n) is 2.71. The number of hydrogen-bond donors (Lipinski definition) is 2. The Kier molecular flexibility index (Phi) is 6.13. The van der Waals surface area contributed by atoms with E-state index in [4.69, 9.17) is 5.11 Å². The second-order valence-corrected chi connectivity index (χ2v) is 5.82. The van der Waals surface area contributed by atoms with Crippen LogP contribution in [0.5, 0.6) is 0 Å². The first-order valence-corrected chi connectivity index (χ1v) is 8.19. The third-order valence-electron chi connectivity index (χ3n) is 3.95. The number of allylic oxidation sites excluding steroid dienone is 3. The van der Waals surface area contributed by atoms with Gasteiger partial charge < -0.3 is 10.2 Å². The molecule has 0 amide bonds. The maximum atomic E-state index is 11.8. The first-order valence-electron chi connectivity index (χ1n) is 8.19. The summed E-state index contributed by atoms with van der Waals surface area (Å²) in [6, 6.07) is 9.75. The molecule has 4 heteroatoms. The molecule has 1 saturated carbocycles. The Labute approximate surface area is 141 Å². The molecule has 0 aliphatic heterocycles. The van der Waals surface area contributed by atoms with Crippen molar-refractivity contribution in [2.75, 3.05) is 0 Å². The SMILES string of the molecule is CCCCC(=C(C=CC(=O)O)C(=O)O)C(=C1CC1)c1ccccc1. The van der Waals surface area contributed by atoms with Crippen molar-refractivity contribution in [3.8, 4) is 0 Å². The smallest absolute Gasteiger partial charge is 0.335 e. The summed E-state index contributed by atoms with van der Waals surface area (Å²) in [4.78, 5) is 22.6. The average molecular weight is 326 g/mol. The number of unbranched alkanes of at least 4 members (excludes halogenated alkanes) is 1. The van der Waals surface area contributed by atoms with Crippen LogP contribution in [0.3, 0.4) is 0 Å². The Bertz CT molecular complexity index is 702. The van der Waals surface area contributed by atoms with E-state index in [1.807, 2.05) is 30.3 Å². The third kappa shape index (κ3) is 4.69. The molecule has 1 aromatic carbocycles. The van der Waals surface area contributed by atoms with E-state index in [0.29, 0.717) is 6.42 Å². The number of benzene rings is 1. The zero-order chi connectivity index (χ0) is 17.5.